The molecule has 4 heterocycles. The first-order chi connectivity index (χ1) is 12.4. The number of thiophene rings is 1. The van der Waals surface area contributed by atoms with Crippen LogP contribution in [0.25, 0.3) is 10.2 Å². The van der Waals surface area contributed by atoms with Gasteiger partial charge in [0, 0.05) is 24.0 Å². The summed E-state index contributed by atoms with van der Waals surface area (Å²) in [7, 11) is 0. The van der Waals surface area contributed by atoms with Gasteiger partial charge in [0.25, 0.3) is 0 Å². The second-order valence-corrected chi connectivity index (χ2v) is 6.89. The number of hydrogen-bond acceptors (Lipinski definition) is 7. The largest absolute Gasteiger partial charge is 0.485 e. The van der Waals surface area contributed by atoms with Crippen molar-refractivity contribution in [3.63, 3.8) is 0 Å². The van der Waals surface area contributed by atoms with Gasteiger partial charge in [-0.1, -0.05) is 12.1 Å². The molecule has 128 valence electrons. The van der Waals surface area contributed by atoms with E-state index in [1.165, 1.54) is 0 Å². The molecule has 0 N–H and O–H groups in total. The first kappa shape index (κ1) is 14.9. The van der Waals surface area contributed by atoms with Crippen LogP contribution in [-0.4, -0.2) is 42.9 Å². The van der Waals surface area contributed by atoms with E-state index in [0.717, 1.165) is 59.4 Å². The summed E-state index contributed by atoms with van der Waals surface area (Å²) in [5, 5.41) is 3.19. The molecule has 1 saturated heterocycles. The van der Waals surface area contributed by atoms with Crippen LogP contribution in [0.4, 0.5) is 5.82 Å². The summed E-state index contributed by atoms with van der Waals surface area (Å²) in [6.45, 7) is 3.61. The number of benzene rings is 1. The fourth-order valence-corrected chi connectivity index (χ4v) is 4.25. The van der Waals surface area contributed by atoms with E-state index in [0.29, 0.717) is 6.61 Å². The third kappa shape index (κ3) is 2.60. The smallest absolute Gasteiger partial charge is 0.162 e. The Labute approximate surface area is 149 Å². The summed E-state index contributed by atoms with van der Waals surface area (Å²) in [4.78, 5) is 12.3. The van der Waals surface area contributed by atoms with Crippen molar-refractivity contribution in [3.05, 3.63) is 41.5 Å². The molecular formula is C18H17N3O3S. The van der Waals surface area contributed by atoms with E-state index in [1.54, 1.807) is 17.7 Å². The number of nitrogens with zero attached hydrogens (tertiary/aromatic N) is 3. The lowest BCUT2D eigenvalue weighted by molar-refractivity contribution is 0.0925. The zero-order chi connectivity index (χ0) is 16.6. The van der Waals surface area contributed by atoms with Crippen molar-refractivity contribution in [1.82, 2.24) is 9.97 Å². The van der Waals surface area contributed by atoms with E-state index in [-0.39, 0.29) is 6.10 Å². The topological polar surface area (TPSA) is 56.7 Å². The number of para-hydroxylation sites is 2. The lowest BCUT2D eigenvalue weighted by atomic mass is 10.1. The van der Waals surface area contributed by atoms with E-state index in [2.05, 4.69) is 20.2 Å². The molecule has 0 unspecified atom stereocenters. The molecular weight excluding hydrogens is 338 g/mol. The van der Waals surface area contributed by atoms with Crippen LogP contribution < -0.4 is 14.4 Å². The monoisotopic (exact) mass is 355 g/mol. The number of fused-ring (bicyclic) bond motifs is 2. The number of rotatable bonds is 2. The summed E-state index contributed by atoms with van der Waals surface area (Å²) in [6.07, 6.45) is 1.48. The Balaban J connectivity index is 1.56. The molecule has 0 saturated carbocycles. The van der Waals surface area contributed by atoms with Crippen molar-refractivity contribution in [3.8, 4) is 11.5 Å². The van der Waals surface area contributed by atoms with Gasteiger partial charge in [-0.15, -0.1) is 11.3 Å². The average molecular weight is 355 g/mol. The standard InChI is InChI=1S/C18H17N3O3S/c1-2-4-14-13(3-1)23-9-15(24-14)12-10-25-18-16(12)17(19-11-20-18)21-5-7-22-8-6-21/h1-4,10-11,15H,5-9H2/t15-/m0/s1. The molecule has 3 aromatic rings. The lowest BCUT2D eigenvalue weighted by Gasteiger charge is -2.30. The zero-order valence-electron chi connectivity index (χ0n) is 13.6. The van der Waals surface area contributed by atoms with Crippen LogP contribution in [0.1, 0.15) is 11.7 Å². The predicted molar refractivity (Wildman–Crippen MR) is 95.8 cm³/mol. The fraction of sp³-hybridized carbons (Fsp3) is 0.333. The van der Waals surface area contributed by atoms with Crippen molar-refractivity contribution in [2.24, 2.45) is 0 Å². The first-order valence-electron chi connectivity index (χ1n) is 8.33. The highest BCUT2D eigenvalue weighted by atomic mass is 32.1. The van der Waals surface area contributed by atoms with Gasteiger partial charge in [-0.25, -0.2) is 9.97 Å². The fourth-order valence-electron chi connectivity index (χ4n) is 3.31. The third-order valence-corrected chi connectivity index (χ3v) is 5.45. The van der Waals surface area contributed by atoms with Gasteiger partial charge in [-0.05, 0) is 12.1 Å². The van der Waals surface area contributed by atoms with Gasteiger partial charge in [0.05, 0.1) is 18.6 Å². The first-order valence-corrected chi connectivity index (χ1v) is 9.21. The Hall–Kier alpha value is -2.38. The van der Waals surface area contributed by atoms with Gasteiger partial charge in [-0.3, -0.25) is 0 Å². The Morgan fingerprint density at radius 2 is 1.92 bits per heavy atom. The summed E-state index contributed by atoms with van der Waals surface area (Å²) in [6, 6.07) is 7.78. The van der Waals surface area contributed by atoms with E-state index in [1.807, 2.05) is 24.3 Å². The van der Waals surface area contributed by atoms with Crippen molar-refractivity contribution in [2.45, 2.75) is 6.10 Å². The predicted octanol–water partition coefficient (Wildman–Crippen LogP) is 3.04. The molecule has 7 heteroatoms. The molecule has 5 rings (SSSR count). The van der Waals surface area contributed by atoms with E-state index >= 15 is 0 Å². The van der Waals surface area contributed by atoms with Crippen LogP contribution in [0.3, 0.4) is 0 Å². The molecule has 0 aliphatic carbocycles. The number of hydrogen-bond donors (Lipinski definition) is 0. The highest BCUT2D eigenvalue weighted by Gasteiger charge is 2.28. The minimum Gasteiger partial charge on any atom is -0.485 e. The number of aromatic nitrogens is 2. The van der Waals surface area contributed by atoms with Crippen molar-refractivity contribution in [2.75, 3.05) is 37.8 Å². The van der Waals surface area contributed by atoms with Gasteiger partial charge in [0.15, 0.2) is 17.6 Å². The van der Waals surface area contributed by atoms with Crippen LogP contribution >= 0.6 is 11.3 Å². The van der Waals surface area contributed by atoms with E-state index in [9.17, 15) is 0 Å². The maximum absolute atomic E-state index is 6.21. The molecule has 2 aliphatic heterocycles. The van der Waals surface area contributed by atoms with Crippen LogP contribution in [0.2, 0.25) is 0 Å². The number of morpholine rings is 1. The molecule has 2 aliphatic rings. The minimum absolute atomic E-state index is 0.158. The molecule has 25 heavy (non-hydrogen) atoms. The molecule has 1 aromatic carbocycles. The SMILES string of the molecule is c1ccc2c(c1)OC[C@@H](c1csc3ncnc(N4CCOCC4)c13)O2. The van der Waals surface area contributed by atoms with Crippen LogP contribution in [-0.2, 0) is 4.74 Å². The summed E-state index contributed by atoms with van der Waals surface area (Å²) in [5.41, 5.74) is 1.09. The Kier molecular flexibility index (Phi) is 3.68. The average Bonchev–Trinajstić information content (AvgIpc) is 3.12. The second kappa shape index (κ2) is 6.16. The van der Waals surface area contributed by atoms with Crippen molar-refractivity contribution >= 4 is 27.4 Å². The quantitative estimate of drug-likeness (QED) is 0.704. The molecule has 0 bridgehead atoms. The van der Waals surface area contributed by atoms with Gasteiger partial charge in [-0.2, -0.15) is 0 Å². The summed E-state index contributed by atoms with van der Waals surface area (Å²) < 4.78 is 17.6. The molecule has 1 atom stereocenters. The summed E-state index contributed by atoms with van der Waals surface area (Å²) >= 11 is 1.62. The summed E-state index contributed by atoms with van der Waals surface area (Å²) in [5.74, 6) is 2.54. The van der Waals surface area contributed by atoms with Gasteiger partial charge in [0.1, 0.15) is 23.6 Å². The normalized spacial score (nSPS) is 20.0. The molecule has 6 nitrogen and oxygen atoms in total. The van der Waals surface area contributed by atoms with Crippen molar-refractivity contribution in [1.29, 1.82) is 0 Å². The van der Waals surface area contributed by atoms with Crippen molar-refractivity contribution < 1.29 is 14.2 Å². The minimum atomic E-state index is -0.158. The third-order valence-electron chi connectivity index (χ3n) is 4.54. The zero-order valence-corrected chi connectivity index (χ0v) is 14.4. The van der Waals surface area contributed by atoms with Gasteiger partial charge in [0.2, 0.25) is 0 Å². The Bertz CT molecular complexity index is 907. The maximum atomic E-state index is 6.21. The van der Waals surface area contributed by atoms with Crippen LogP contribution in [0.15, 0.2) is 36.0 Å². The molecule has 0 spiro atoms. The second-order valence-electron chi connectivity index (χ2n) is 6.03. The van der Waals surface area contributed by atoms with Crippen LogP contribution in [0, 0.1) is 0 Å². The molecule has 1 fully saturated rings. The van der Waals surface area contributed by atoms with Crippen LogP contribution in [0.5, 0.6) is 11.5 Å². The highest BCUT2D eigenvalue weighted by molar-refractivity contribution is 7.17. The Morgan fingerprint density at radius 3 is 2.80 bits per heavy atom. The molecule has 0 amide bonds. The van der Waals surface area contributed by atoms with Gasteiger partial charge >= 0.3 is 0 Å². The number of ether oxygens (including phenoxy) is 3. The number of anilines is 1. The van der Waals surface area contributed by atoms with E-state index in [4.69, 9.17) is 14.2 Å². The maximum Gasteiger partial charge on any atom is 0.162 e. The Morgan fingerprint density at radius 1 is 1.08 bits per heavy atom. The lowest BCUT2D eigenvalue weighted by Crippen LogP contribution is -2.37. The van der Waals surface area contributed by atoms with Gasteiger partial charge < -0.3 is 19.1 Å². The molecule has 0 radical (unpaired) electrons. The highest BCUT2D eigenvalue weighted by Crippen LogP contribution is 2.41. The molecule has 2 aromatic heterocycles. The van der Waals surface area contributed by atoms with E-state index < -0.39 is 0 Å².